The molecule has 2 aromatic rings. The summed E-state index contributed by atoms with van der Waals surface area (Å²) in [5, 5.41) is 4.44. The van der Waals surface area contributed by atoms with Crippen LogP contribution in [-0.4, -0.2) is 14.3 Å². The molecule has 4 nitrogen and oxygen atoms in total. The standard InChI is InChI=1S/C15H22N4/c1-10-14(9-18(4)17-10)19-6-5-11-12(16)7-15(2,3)8-13(11)19/h5-6,9,12H,7-8,16H2,1-4H3. The summed E-state index contributed by atoms with van der Waals surface area (Å²) in [6, 6.07) is 2.32. The van der Waals surface area contributed by atoms with Gasteiger partial charge in [-0.1, -0.05) is 13.8 Å². The van der Waals surface area contributed by atoms with E-state index in [0.717, 1.165) is 24.2 Å². The lowest BCUT2D eigenvalue weighted by Crippen LogP contribution is -2.30. The van der Waals surface area contributed by atoms with Crippen molar-refractivity contribution < 1.29 is 0 Å². The van der Waals surface area contributed by atoms with E-state index < -0.39 is 0 Å². The second-order valence-electron chi connectivity index (χ2n) is 6.51. The first kappa shape index (κ1) is 12.5. The highest BCUT2D eigenvalue weighted by atomic mass is 15.3. The molecule has 0 radical (unpaired) electrons. The number of nitrogens with zero attached hydrogens (tertiary/aromatic N) is 3. The molecule has 102 valence electrons. The van der Waals surface area contributed by atoms with E-state index in [0.29, 0.717) is 0 Å². The van der Waals surface area contributed by atoms with Gasteiger partial charge >= 0.3 is 0 Å². The minimum absolute atomic E-state index is 0.150. The van der Waals surface area contributed by atoms with Crippen LogP contribution in [0.25, 0.3) is 5.69 Å². The van der Waals surface area contributed by atoms with E-state index in [1.807, 2.05) is 11.7 Å². The monoisotopic (exact) mass is 258 g/mol. The predicted octanol–water partition coefficient (Wildman–Crippen LogP) is 2.49. The molecule has 0 spiro atoms. The molecule has 1 atom stereocenters. The summed E-state index contributed by atoms with van der Waals surface area (Å²) < 4.78 is 4.13. The van der Waals surface area contributed by atoms with Crippen LogP contribution in [0.3, 0.4) is 0 Å². The molecule has 4 heteroatoms. The highest BCUT2D eigenvalue weighted by Gasteiger charge is 2.32. The van der Waals surface area contributed by atoms with Gasteiger partial charge in [-0.05, 0) is 36.8 Å². The van der Waals surface area contributed by atoms with Gasteiger partial charge < -0.3 is 10.3 Å². The Labute approximate surface area is 114 Å². The van der Waals surface area contributed by atoms with Gasteiger partial charge in [0.25, 0.3) is 0 Å². The first-order valence-electron chi connectivity index (χ1n) is 6.84. The molecule has 0 fully saturated rings. The number of hydrogen-bond acceptors (Lipinski definition) is 2. The number of fused-ring (bicyclic) bond motifs is 1. The van der Waals surface area contributed by atoms with E-state index in [-0.39, 0.29) is 11.5 Å². The molecular weight excluding hydrogens is 236 g/mol. The smallest absolute Gasteiger partial charge is 0.0865 e. The molecule has 1 unspecified atom stereocenters. The van der Waals surface area contributed by atoms with Gasteiger partial charge in [-0.15, -0.1) is 0 Å². The number of aryl methyl sites for hydroxylation is 2. The zero-order valence-corrected chi connectivity index (χ0v) is 12.1. The molecule has 0 saturated carbocycles. The third-order valence-electron chi connectivity index (χ3n) is 4.09. The van der Waals surface area contributed by atoms with Crippen molar-refractivity contribution in [3.8, 4) is 5.69 Å². The summed E-state index contributed by atoms with van der Waals surface area (Å²) in [5.74, 6) is 0. The van der Waals surface area contributed by atoms with E-state index in [4.69, 9.17) is 5.73 Å². The SMILES string of the molecule is Cc1nn(C)cc1-n1ccc2c1CC(C)(C)CC2N. The van der Waals surface area contributed by atoms with E-state index in [1.54, 1.807) is 0 Å². The van der Waals surface area contributed by atoms with Crippen LogP contribution in [0, 0.1) is 12.3 Å². The van der Waals surface area contributed by atoms with Crippen molar-refractivity contribution in [1.82, 2.24) is 14.3 Å². The van der Waals surface area contributed by atoms with Gasteiger partial charge in [0.1, 0.15) is 0 Å². The number of nitrogens with two attached hydrogens (primary N) is 1. The maximum Gasteiger partial charge on any atom is 0.0865 e. The van der Waals surface area contributed by atoms with Crippen LogP contribution >= 0.6 is 0 Å². The summed E-state index contributed by atoms with van der Waals surface area (Å²) >= 11 is 0. The molecule has 2 aromatic heterocycles. The molecule has 0 amide bonds. The second kappa shape index (κ2) is 3.97. The first-order chi connectivity index (χ1) is 8.87. The number of aromatic nitrogens is 3. The first-order valence-corrected chi connectivity index (χ1v) is 6.84. The Morgan fingerprint density at radius 1 is 1.42 bits per heavy atom. The minimum atomic E-state index is 0.150. The average molecular weight is 258 g/mol. The molecule has 2 heterocycles. The number of hydrogen-bond donors (Lipinski definition) is 1. The van der Waals surface area contributed by atoms with Crippen LogP contribution in [-0.2, 0) is 13.5 Å². The summed E-state index contributed by atoms with van der Waals surface area (Å²) in [6.45, 7) is 6.64. The molecule has 1 aliphatic carbocycles. The molecule has 0 saturated heterocycles. The van der Waals surface area contributed by atoms with Crippen LogP contribution in [0.15, 0.2) is 18.5 Å². The summed E-state index contributed by atoms with van der Waals surface area (Å²) in [7, 11) is 1.96. The van der Waals surface area contributed by atoms with Crippen LogP contribution in [0.4, 0.5) is 0 Å². The lowest BCUT2D eigenvalue weighted by molar-refractivity contribution is 0.278. The van der Waals surface area contributed by atoms with Crippen molar-refractivity contribution in [2.24, 2.45) is 18.2 Å². The maximum absolute atomic E-state index is 6.32. The Balaban J connectivity index is 2.13. The van der Waals surface area contributed by atoms with E-state index >= 15 is 0 Å². The van der Waals surface area contributed by atoms with Crippen LogP contribution in [0.5, 0.6) is 0 Å². The van der Waals surface area contributed by atoms with Gasteiger partial charge in [0, 0.05) is 31.2 Å². The fourth-order valence-electron chi connectivity index (χ4n) is 3.28. The molecule has 0 aromatic carbocycles. The fourth-order valence-corrected chi connectivity index (χ4v) is 3.28. The second-order valence-corrected chi connectivity index (χ2v) is 6.51. The van der Waals surface area contributed by atoms with Crippen LogP contribution in [0.1, 0.15) is 43.3 Å². The Hall–Kier alpha value is -1.55. The van der Waals surface area contributed by atoms with Gasteiger partial charge in [0.15, 0.2) is 0 Å². The molecule has 19 heavy (non-hydrogen) atoms. The third-order valence-corrected chi connectivity index (χ3v) is 4.09. The zero-order chi connectivity index (χ0) is 13.8. The Morgan fingerprint density at radius 2 is 2.16 bits per heavy atom. The van der Waals surface area contributed by atoms with Crippen LogP contribution in [0.2, 0.25) is 0 Å². The number of rotatable bonds is 1. The van der Waals surface area contributed by atoms with Crippen molar-refractivity contribution in [2.75, 3.05) is 0 Å². The van der Waals surface area contributed by atoms with Crippen molar-refractivity contribution in [2.45, 2.75) is 39.7 Å². The molecule has 0 bridgehead atoms. The highest BCUT2D eigenvalue weighted by molar-refractivity contribution is 5.42. The molecule has 1 aliphatic rings. The molecule has 3 rings (SSSR count). The molecular formula is C15H22N4. The normalized spacial score (nSPS) is 21.4. The zero-order valence-electron chi connectivity index (χ0n) is 12.1. The Morgan fingerprint density at radius 3 is 2.79 bits per heavy atom. The lowest BCUT2D eigenvalue weighted by Gasteiger charge is -2.34. The summed E-state index contributed by atoms with van der Waals surface area (Å²) in [4.78, 5) is 0. The van der Waals surface area contributed by atoms with E-state index in [9.17, 15) is 0 Å². The van der Waals surface area contributed by atoms with Gasteiger partial charge in [0.2, 0.25) is 0 Å². The topological polar surface area (TPSA) is 48.8 Å². The summed E-state index contributed by atoms with van der Waals surface area (Å²) in [6.07, 6.45) is 6.33. The maximum atomic E-state index is 6.32. The average Bonchev–Trinajstić information content (AvgIpc) is 2.80. The van der Waals surface area contributed by atoms with E-state index in [1.165, 1.54) is 11.3 Å². The Bertz CT molecular complexity index is 618. The summed E-state index contributed by atoms with van der Waals surface area (Å²) in [5.41, 5.74) is 11.4. The van der Waals surface area contributed by atoms with Gasteiger partial charge in [-0.25, -0.2) is 0 Å². The Kier molecular flexibility index (Phi) is 2.61. The van der Waals surface area contributed by atoms with Crippen molar-refractivity contribution in [3.05, 3.63) is 35.4 Å². The van der Waals surface area contributed by atoms with Crippen molar-refractivity contribution in [1.29, 1.82) is 0 Å². The minimum Gasteiger partial charge on any atom is -0.324 e. The fraction of sp³-hybridized carbons (Fsp3) is 0.533. The van der Waals surface area contributed by atoms with Gasteiger partial charge in [-0.3, -0.25) is 4.68 Å². The lowest BCUT2D eigenvalue weighted by atomic mass is 9.74. The van der Waals surface area contributed by atoms with Crippen LogP contribution < -0.4 is 5.73 Å². The van der Waals surface area contributed by atoms with Crippen molar-refractivity contribution in [3.63, 3.8) is 0 Å². The highest BCUT2D eigenvalue weighted by Crippen LogP contribution is 2.40. The third kappa shape index (κ3) is 2.00. The predicted molar refractivity (Wildman–Crippen MR) is 76.3 cm³/mol. The van der Waals surface area contributed by atoms with Gasteiger partial charge in [-0.2, -0.15) is 5.10 Å². The van der Waals surface area contributed by atoms with E-state index in [2.05, 4.69) is 48.9 Å². The molecule has 2 N–H and O–H groups in total. The van der Waals surface area contributed by atoms with Crippen molar-refractivity contribution >= 4 is 0 Å². The van der Waals surface area contributed by atoms with Gasteiger partial charge in [0.05, 0.1) is 11.4 Å². The largest absolute Gasteiger partial charge is 0.324 e. The quantitative estimate of drug-likeness (QED) is 0.854. The molecule has 0 aliphatic heterocycles.